The van der Waals surface area contributed by atoms with Crippen LogP contribution in [0.3, 0.4) is 0 Å². The van der Waals surface area contributed by atoms with E-state index < -0.39 is 18.4 Å². The zero-order valence-electron chi connectivity index (χ0n) is 10.1. The van der Waals surface area contributed by atoms with Crippen molar-refractivity contribution in [3.63, 3.8) is 0 Å². The lowest BCUT2D eigenvalue weighted by atomic mass is 10.2. The van der Waals surface area contributed by atoms with Crippen LogP contribution in [-0.2, 0) is 4.79 Å². The van der Waals surface area contributed by atoms with Gasteiger partial charge in [-0.05, 0) is 19.1 Å². The molecule has 0 radical (unpaired) electrons. The Balaban J connectivity index is 0.000000286. The van der Waals surface area contributed by atoms with Gasteiger partial charge in [0, 0.05) is 11.1 Å². The van der Waals surface area contributed by atoms with E-state index in [0.29, 0.717) is 15.2 Å². The molecule has 2 aromatic rings. The first-order chi connectivity index (χ1) is 9.15. The summed E-state index contributed by atoms with van der Waals surface area (Å²) in [6, 6.07) is 3.52. The Morgan fingerprint density at radius 1 is 1.45 bits per heavy atom. The van der Waals surface area contributed by atoms with Gasteiger partial charge in [-0.15, -0.1) is 0 Å². The predicted octanol–water partition coefficient (Wildman–Crippen LogP) is 2.63. The molecule has 0 unspecified atom stereocenters. The maximum absolute atomic E-state index is 10.9. The van der Waals surface area contributed by atoms with Crippen molar-refractivity contribution in [2.24, 2.45) is 0 Å². The van der Waals surface area contributed by atoms with Gasteiger partial charge in [-0.25, -0.2) is 9.78 Å². The van der Waals surface area contributed by atoms with Gasteiger partial charge in [-0.2, -0.15) is 13.2 Å². The second kappa shape index (κ2) is 5.87. The standard InChI is InChI=1S/C9H8N2O2S.C2HF3O/c1-4-2-3-5-6(9(12)13)7(10)14-8(5)11-4;3-2(4,5)1-6/h2-3H,10H2,1H3,(H,12,13);1H. The molecular formula is C11H9F3N2O3S. The monoisotopic (exact) mass is 306 g/mol. The minimum atomic E-state index is -4.64. The highest BCUT2D eigenvalue weighted by Crippen LogP contribution is 2.32. The number of carboxylic acid groups (broad SMARTS) is 1. The number of pyridine rings is 1. The van der Waals surface area contributed by atoms with Gasteiger partial charge in [0.1, 0.15) is 15.4 Å². The summed E-state index contributed by atoms with van der Waals surface area (Å²) in [4.78, 5) is 24.5. The van der Waals surface area contributed by atoms with Crippen LogP contribution < -0.4 is 5.73 Å². The maximum atomic E-state index is 10.9. The van der Waals surface area contributed by atoms with E-state index in [4.69, 9.17) is 15.6 Å². The lowest BCUT2D eigenvalue weighted by Crippen LogP contribution is -2.07. The average Bonchev–Trinajstić information content (AvgIpc) is 2.64. The number of carboxylic acids is 1. The average molecular weight is 306 g/mol. The highest BCUT2D eigenvalue weighted by molar-refractivity contribution is 7.22. The van der Waals surface area contributed by atoms with Crippen LogP contribution in [0.2, 0.25) is 0 Å². The van der Waals surface area contributed by atoms with Crippen LogP contribution in [-0.4, -0.2) is 28.5 Å². The number of rotatable bonds is 1. The number of alkyl halides is 3. The molecule has 3 N–H and O–H groups in total. The number of carbonyl (C=O) groups is 2. The van der Waals surface area contributed by atoms with E-state index in [1.165, 1.54) is 11.3 Å². The number of fused-ring (bicyclic) bond motifs is 1. The van der Waals surface area contributed by atoms with Crippen molar-refractivity contribution in [1.82, 2.24) is 4.98 Å². The smallest absolute Gasteiger partial charge is 0.446 e. The van der Waals surface area contributed by atoms with Crippen molar-refractivity contribution in [1.29, 1.82) is 0 Å². The molecule has 0 amide bonds. The third-order valence-electron chi connectivity index (χ3n) is 2.07. The highest BCUT2D eigenvalue weighted by Gasteiger charge is 2.24. The van der Waals surface area contributed by atoms with Gasteiger partial charge in [0.05, 0.1) is 0 Å². The number of halogens is 3. The molecular weight excluding hydrogens is 297 g/mol. The molecule has 0 aliphatic rings. The molecule has 0 saturated heterocycles. The van der Waals surface area contributed by atoms with Crippen LogP contribution in [0.25, 0.3) is 10.2 Å². The first kappa shape index (κ1) is 15.9. The number of nitrogens with zero attached hydrogens (tertiary/aromatic N) is 1. The molecule has 9 heteroatoms. The van der Waals surface area contributed by atoms with Gasteiger partial charge in [0.2, 0.25) is 6.29 Å². The van der Waals surface area contributed by atoms with Gasteiger partial charge in [-0.1, -0.05) is 11.3 Å². The van der Waals surface area contributed by atoms with Crippen LogP contribution in [0.5, 0.6) is 0 Å². The molecule has 0 aliphatic carbocycles. The van der Waals surface area contributed by atoms with E-state index in [-0.39, 0.29) is 5.56 Å². The largest absolute Gasteiger partial charge is 0.478 e. The van der Waals surface area contributed by atoms with Crippen LogP contribution in [0, 0.1) is 6.92 Å². The molecule has 0 spiro atoms. The Labute approximate surface area is 114 Å². The van der Waals surface area contributed by atoms with Crippen molar-refractivity contribution in [3.05, 3.63) is 23.4 Å². The number of carbonyl (C=O) groups excluding carboxylic acids is 1. The number of thiophene rings is 1. The third kappa shape index (κ3) is 3.92. The lowest BCUT2D eigenvalue weighted by Gasteiger charge is -1.93. The third-order valence-corrected chi connectivity index (χ3v) is 3.00. The van der Waals surface area contributed by atoms with Crippen LogP contribution in [0.1, 0.15) is 16.1 Å². The Morgan fingerprint density at radius 2 is 2.00 bits per heavy atom. The van der Waals surface area contributed by atoms with Gasteiger partial charge < -0.3 is 10.8 Å². The summed E-state index contributed by atoms with van der Waals surface area (Å²) in [7, 11) is 0. The van der Waals surface area contributed by atoms with E-state index in [9.17, 15) is 18.0 Å². The fourth-order valence-corrected chi connectivity index (χ4v) is 2.29. The number of nitrogens with two attached hydrogens (primary N) is 1. The molecule has 0 fully saturated rings. The molecule has 0 atom stereocenters. The number of hydrogen-bond donors (Lipinski definition) is 2. The summed E-state index contributed by atoms with van der Waals surface area (Å²) in [6.45, 7) is 1.86. The normalized spacial score (nSPS) is 10.8. The van der Waals surface area contributed by atoms with Gasteiger partial charge in [0.25, 0.3) is 0 Å². The fraction of sp³-hybridized carbons (Fsp3) is 0.182. The number of aromatic nitrogens is 1. The quantitative estimate of drug-likeness (QED) is 0.790. The van der Waals surface area contributed by atoms with Crippen molar-refractivity contribution in [2.45, 2.75) is 13.1 Å². The molecule has 2 aromatic heterocycles. The number of hydrogen-bond acceptors (Lipinski definition) is 5. The summed E-state index contributed by atoms with van der Waals surface area (Å²) < 4.78 is 31.2. The number of aldehydes is 1. The van der Waals surface area contributed by atoms with E-state index >= 15 is 0 Å². The first-order valence-corrected chi connectivity index (χ1v) is 5.89. The fourth-order valence-electron chi connectivity index (χ4n) is 1.31. The summed E-state index contributed by atoms with van der Waals surface area (Å²) >= 11 is 1.21. The molecule has 0 aromatic carbocycles. The van der Waals surface area contributed by atoms with Crippen LogP contribution >= 0.6 is 11.3 Å². The van der Waals surface area contributed by atoms with Gasteiger partial charge in [-0.3, -0.25) is 4.79 Å². The molecule has 0 saturated carbocycles. The van der Waals surface area contributed by atoms with Crippen LogP contribution in [0.4, 0.5) is 18.2 Å². The van der Waals surface area contributed by atoms with Crippen LogP contribution in [0.15, 0.2) is 12.1 Å². The van der Waals surface area contributed by atoms with Crippen molar-refractivity contribution in [2.75, 3.05) is 5.73 Å². The molecule has 108 valence electrons. The lowest BCUT2D eigenvalue weighted by molar-refractivity contribution is -0.156. The molecule has 0 aliphatic heterocycles. The van der Waals surface area contributed by atoms with Crippen molar-refractivity contribution in [3.8, 4) is 0 Å². The molecule has 20 heavy (non-hydrogen) atoms. The number of nitrogen functional groups attached to an aromatic ring is 1. The molecule has 2 heterocycles. The minimum absolute atomic E-state index is 0.164. The number of aromatic carboxylic acids is 1. The minimum Gasteiger partial charge on any atom is -0.478 e. The first-order valence-electron chi connectivity index (χ1n) is 5.07. The van der Waals surface area contributed by atoms with E-state index in [0.717, 1.165) is 5.69 Å². The molecule has 0 bridgehead atoms. The van der Waals surface area contributed by atoms with E-state index in [1.807, 2.05) is 6.92 Å². The summed E-state index contributed by atoms with van der Waals surface area (Å²) in [5.74, 6) is -1.00. The maximum Gasteiger partial charge on any atom is 0.446 e. The second-order valence-corrected chi connectivity index (χ2v) is 4.64. The predicted molar refractivity (Wildman–Crippen MR) is 67.8 cm³/mol. The molecule has 5 nitrogen and oxygen atoms in total. The SMILES string of the molecule is Cc1ccc2c(C(=O)O)c(N)sc2n1.O=CC(F)(F)F. The second-order valence-electron chi connectivity index (χ2n) is 3.61. The summed E-state index contributed by atoms with van der Waals surface area (Å²) in [6.07, 6.45) is -5.70. The van der Waals surface area contributed by atoms with E-state index in [2.05, 4.69) is 4.98 Å². The van der Waals surface area contributed by atoms with Crippen molar-refractivity contribution >= 4 is 38.8 Å². The zero-order chi connectivity index (χ0) is 15.5. The Kier molecular flexibility index (Phi) is 4.66. The topological polar surface area (TPSA) is 93.3 Å². The van der Waals surface area contributed by atoms with E-state index in [1.54, 1.807) is 12.1 Å². The Hall–Kier alpha value is -2.16. The van der Waals surface area contributed by atoms with Gasteiger partial charge in [0.15, 0.2) is 0 Å². The highest BCUT2D eigenvalue weighted by atomic mass is 32.1. The van der Waals surface area contributed by atoms with Gasteiger partial charge >= 0.3 is 12.1 Å². The molecule has 2 rings (SSSR count). The summed E-state index contributed by atoms with van der Waals surface area (Å²) in [5.41, 5.74) is 6.62. The number of aryl methyl sites for hydroxylation is 1. The number of anilines is 1. The zero-order valence-corrected chi connectivity index (χ0v) is 10.9. The Morgan fingerprint density at radius 3 is 2.45 bits per heavy atom. The summed E-state index contributed by atoms with van der Waals surface area (Å²) in [5, 5.41) is 9.85. The van der Waals surface area contributed by atoms with Crippen molar-refractivity contribution < 1.29 is 27.9 Å². The Bertz CT molecular complexity index is 652.